The van der Waals surface area contributed by atoms with Crippen molar-refractivity contribution in [1.82, 2.24) is 5.32 Å². The molecule has 0 aliphatic heterocycles. The van der Waals surface area contributed by atoms with E-state index in [1.54, 1.807) is 0 Å². The van der Waals surface area contributed by atoms with Crippen LogP contribution in [-0.4, -0.2) is 13.1 Å². The molecule has 0 aromatic heterocycles. The van der Waals surface area contributed by atoms with Crippen molar-refractivity contribution in [3.05, 3.63) is 71.8 Å². The average molecular weight is 238 g/mol. The summed E-state index contributed by atoms with van der Waals surface area (Å²) in [6.45, 7) is 1.92. The van der Waals surface area contributed by atoms with E-state index in [0.29, 0.717) is 0 Å². The first-order valence-corrected chi connectivity index (χ1v) is 6.66. The highest BCUT2D eigenvalue weighted by Crippen LogP contribution is 2.02. The van der Waals surface area contributed by atoms with Crippen molar-refractivity contribution in [2.75, 3.05) is 13.1 Å². The van der Waals surface area contributed by atoms with Gasteiger partial charge in [-0.3, -0.25) is 0 Å². The summed E-state index contributed by atoms with van der Waals surface area (Å²) in [5, 5.41) is 4.58. The van der Waals surface area contributed by atoms with E-state index < -0.39 is 0 Å². The largest absolute Gasteiger partial charge is 0.241 e. The van der Waals surface area contributed by atoms with Gasteiger partial charge in [-0.15, -0.1) is 0 Å². The fraction of sp³-hybridized carbons (Fsp3) is 0.294. The van der Waals surface area contributed by atoms with Gasteiger partial charge in [0.05, 0.1) is 0 Å². The van der Waals surface area contributed by atoms with Crippen LogP contribution in [0.15, 0.2) is 60.7 Å². The Morgan fingerprint density at radius 1 is 0.611 bits per heavy atom. The predicted molar refractivity (Wildman–Crippen MR) is 76.8 cm³/mol. The molecule has 1 heteroatoms. The quantitative estimate of drug-likeness (QED) is 0.656. The summed E-state index contributed by atoms with van der Waals surface area (Å²) in [6.07, 6.45) is 3.35. The van der Waals surface area contributed by atoms with Gasteiger partial charge in [0.15, 0.2) is 0 Å². The SMILES string of the molecule is c1ccc(CCC[N]CCc2ccccc2)cc1. The molecule has 0 N–H and O–H groups in total. The fourth-order valence-corrected chi connectivity index (χ4v) is 2.00. The van der Waals surface area contributed by atoms with Crippen molar-refractivity contribution < 1.29 is 0 Å². The van der Waals surface area contributed by atoms with Crippen LogP contribution >= 0.6 is 0 Å². The highest BCUT2D eigenvalue weighted by atomic mass is 14.8. The smallest absolute Gasteiger partial charge is 0.0173 e. The standard InChI is InChI=1S/C17H20N/c1-3-8-16(9-4-1)12-7-14-18-15-13-17-10-5-2-6-11-17/h1-6,8-11H,7,12-15H2. The summed E-state index contributed by atoms with van der Waals surface area (Å²) in [4.78, 5) is 0. The van der Waals surface area contributed by atoms with E-state index in [1.807, 2.05) is 0 Å². The zero-order chi connectivity index (χ0) is 12.5. The van der Waals surface area contributed by atoms with Crippen LogP contribution in [0.25, 0.3) is 0 Å². The van der Waals surface area contributed by atoms with E-state index >= 15 is 0 Å². The highest BCUT2D eigenvalue weighted by molar-refractivity contribution is 5.15. The summed E-state index contributed by atoms with van der Waals surface area (Å²) in [6, 6.07) is 21.2. The minimum atomic E-state index is 0.943. The van der Waals surface area contributed by atoms with Crippen molar-refractivity contribution in [3.63, 3.8) is 0 Å². The maximum absolute atomic E-state index is 4.58. The molecule has 1 radical (unpaired) electrons. The van der Waals surface area contributed by atoms with Crippen LogP contribution in [0.1, 0.15) is 17.5 Å². The van der Waals surface area contributed by atoms with Gasteiger partial charge >= 0.3 is 0 Å². The molecule has 0 amide bonds. The first kappa shape index (κ1) is 12.8. The van der Waals surface area contributed by atoms with Crippen LogP contribution in [0.4, 0.5) is 0 Å². The number of hydrogen-bond donors (Lipinski definition) is 0. The Kier molecular flexibility index (Phi) is 5.48. The molecule has 1 nitrogen and oxygen atoms in total. The molecule has 18 heavy (non-hydrogen) atoms. The summed E-state index contributed by atoms with van der Waals surface area (Å²) >= 11 is 0. The Labute approximate surface area is 110 Å². The molecular formula is C17H20N. The lowest BCUT2D eigenvalue weighted by atomic mass is 10.1. The molecular weight excluding hydrogens is 218 g/mol. The second-order valence-corrected chi connectivity index (χ2v) is 4.50. The summed E-state index contributed by atoms with van der Waals surface area (Å²) in [5.74, 6) is 0. The highest BCUT2D eigenvalue weighted by Gasteiger charge is 1.94. The Morgan fingerprint density at radius 3 is 1.78 bits per heavy atom. The van der Waals surface area contributed by atoms with Crippen molar-refractivity contribution in [3.8, 4) is 0 Å². The number of hydrogen-bond acceptors (Lipinski definition) is 0. The lowest BCUT2D eigenvalue weighted by Crippen LogP contribution is -2.11. The summed E-state index contributed by atoms with van der Waals surface area (Å²) < 4.78 is 0. The topological polar surface area (TPSA) is 14.1 Å². The van der Waals surface area contributed by atoms with Gasteiger partial charge in [0.1, 0.15) is 0 Å². The zero-order valence-corrected chi connectivity index (χ0v) is 10.8. The molecule has 0 aliphatic rings. The monoisotopic (exact) mass is 238 g/mol. The predicted octanol–water partition coefficient (Wildman–Crippen LogP) is 3.47. The second kappa shape index (κ2) is 7.67. The Morgan fingerprint density at radius 2 is 1.17 bits per heavy atom. The maximum Gasteiger partial charge on any atom is 0.0173 e. The van der Waals surface area contributed by atoms with Crippen LogP contribution in [0.2, 0.25) is 0 Å². The molecule has 93 valence electrons. The maximum atomic E-state index is 4.58. The molecule has 0 spiro atoms. The first-order valence-electron chi connectivity index (χ1n) is 6.66. The number of aryl methyl sites for hydroxylation is 1. The average Bonchev–Trinajstić information content (AvgIpc) is 2.45. The molecule has 0 saturated heterocycles. The first-order chi connectivity index (χ1) is 8.95. The molecule has 0 unspecified atom stereocenters. The molecule has 0 aliphatic carbocycles. The molecule has 2 rings (SSSR count). The second-order valence-electron chi connectivity index (χ2n) is 4.50. The van der Waals surface area contributed by atoms with E-state index in [1.165, 1.54) is 11.1 Å². The van der Waals surface area contributed by atoms with Crippen molar-refractivity contribution in [2.24, 2.45) is 0 Å². The van der Waals surface area contributed by atoms with Crippen molar-refractivity contribution >= 4 is 0 Å². The van der Waals surface area contributed by atoms with Gasteiger partial charge in [-0.2, -0.15) is 0 Å². The van der Waals surface area contributed by atoms with Gasteiger partial charge in [0.2, 0.25) is 0 Å². The zero-order valence-electron chi connectivity index (χ0n) is 10.8. The molecule has 2 aromatic carbocycles. The number of nitrogens with zero attached hydrogens (tertiary/aromatic N) is 1. The van der Waals surface area contributed by atoms with Gasteiger partial charge in [0.25, 0.3) is 0 Å². The van der Waals surface area contributed by atoms with E-state index in [2.05, 4.69) is 66.0 Å². The number of benzene rings is 2. The van der Waals surface area contributed by atoms with Crippen LogP contribution < -0.4 is 5.32 Å². The van der Waals surface area contributed by atoms with Gasteiger partial charge in [-0.25, -0.2) is 5.32 Å². The van der Waals surface area contributed by atoms with Crippen LogP contribution in [-0.2, 0) is 12.8 Å². The molecule has 0 heterocycles. The minimum Gasteiger partial charge on any atom is -0.241 e. The third kappa shape index (κ3) is 4.72. The normalized spacial score (nSPS) is 10.4. The van der Waals surface area contributed by atoms with Gasteiger partial charge in [-0.05, 0) is 30.4 Å². The van der Waals surface area contributed by atoms with Crippen LogP contribution in [0.5, 0.6) is 0 Å². The third-order valence-corrected chi connectivity index (χ3v) is 3.03. The van der Waals surface area contributed by atoms with Crippen molar-refractivity contribution in [1.29, 1.82) is 0 Å². The van der Waals surface area contributed by atoms with Gasteiger partial charge < -0.3 is 0 Å². The van der Waals surface area contributed by atoms with Gasteiger partial charge in [-0.1, -0.05) is 60.7 Å². The van der Waals surface area contributed by atoms with Crippen LogP contribution in [0.3, 0.4) is 0 Å². The Balaban J connectivity index is 1.54. The summed E-state index contributed by atoms with van der Waals surface area (Å²) in [7, 11) is 0. The Hall–Kier alpha value is -1.60. The van der Waals surface area contributed by atoms with E-state index in [-0.39, 0.29) is 0 Å². The Bertz CT molecular complexity index is 378. The lowest BCUT2D eigenvalue weighted by Gasteiger charge is -2.03. The fourth-order valence-electron chi connectivity index (χ4n) is 2.00. The third-order valence-electron chi connectivity index (χ3n) is 3.03. The van der Waals surface area contributed by atoms with Crippen LogP contribution in [0, 0.1) is 0 Å². The number of rotatable bonds is 7. The van der Waals surface area contributed by atoms with E-state index in [9.17, 15) is 0 Å². The van der Waals surface area contributed by atoms with E-state index in [0.717, 1.165) is 32.4 Å². The molecule has 0 bridgehead atoms. The molecule has 2 aromatic rings. The molecule has 0 saturated carbocycles. The van der Waals surface area contributed by atoms with E-state index in [4.69, 9.17) is 0 Å². The summed E-state index contributed by atoms with van der Waals surface area (Å²) in [5.41, 5.74) is 2.79. The molecule has 0 fully saturated rings. The van der Waals surface area contributed by atoms with Crippen molar-refractivity contribution in [2.45, 2.75) is 19.3 Å². The van der Waals surface area contributed by atoms with Gasteiger partial charge in [0, 0.05) is 13.1 Å². The molecule has 0 atom stereocenters. The lowest BCUT2D eigenvalue weighted by molar-refractivity contribution is 0.635. The minimum absolute atomic E-state index is 0.943.